The van der Waals surface area contributed by atoms with Gasteiger partial charge in [0.1, 0.15) is 18.2 Å². The fourth-order valence-corrected chi connectivity index (χ4v) is 4.14. The molecule has 0 radical (unpaired) electrons. The highest BCUT2D eigenvalue weighted by Gasteiger charge is 2.25. The molecule has 1 aliphatic rings. The van der Waals surface area contributed by atoms with Crippen molar-refractivity contribution in [3.05, 3.63) is 90.1 Å². The van der Waals surface area contributed by atoms with Crippen molar-refractivity contribution >= 4 is 28.5 Å². The molecule has 1 saturated heterocycles. The summed E-state index contributed by atoms with van der Waals surface area (Å²) < 4.78 is 5.91. The number of fused-ring (bicyclic) bond motifs is 1. The first-order chi connectivity index (χ1) is 16.3. The molecule has 0 spiro atoms. The zero-order chi connectivity index (χ0) is 22.5. The molecular formula is C24H24N6O2S. The van der Waals surface area contributed by atoms with Crippen LogP contribution < -0.4 is 10.2 Å². The molecule has 1 N–H and O–H groups in total. The van der Waals surface area contributed by atoms with E-state index >= 15 is 0 Å². The van der Waals surface area contributed by atoms with Crippen LogP contribution in [0.2, 0.25) is 0 Å². The summed E-state index contributed by atoms with van der Waals surface area (Å²) in [6.45, 7) is 2.21. The Hall–Kier alpha value is -3.56. The van der Waals surface area contributed by atoms with Crippen LogP contribution in [0.25, 0.3) is 11.2 Å². The van der Waals surface area contributed by atoms with E-state index in [-0.39, 0.29) is 12.1 Å². The minimum Gasteiger partial charge on any atom is -0.391 e. The largest absolute Gasteiger partial charge is 0.391 e. The number of nitrogens with one attached hydrogen (secondary N) is 1. The smallest absolute Gasteiger partial charge is 0.219 e. The van der Waals surface area contributed by atoms with Gasteiger partial charge in [-0.3, -0.25) is 0 Å². The molecule has 4 aromatic rings. The number of morpholine rings is 1. The average Bonchev–Trinajstić information content (AvgIpc) is 3.30. The molecule has 0 saturated carbocycles. The standard InChI is InChI=1S/C24H24N6O2S/c33-24(26-22(18-8-3-1-4-9-18)19-10-5-2-6-11-19)29-14-15-31-20(16-29)17-32-30-23-21(27-28-30)12-7-13-25-23/h1-13,20,22H,14-17H2,(H,26,33). The van der Waals surface area contributed by atoms with Gasteiger partial charge in [-0.15, -0.1) is 5.10 Å². The van der Waals surface area contributed by atoms with Gasteiger partial charge in [-0.05, 0) is 40.7 Å². The molecule has 2 aromatic heterocycles. The summed E-state index contributed by atoms with van der Waals surface area (Å²) in [5.74, 6) is 0. The predicted molar refractivity (Wildman–Crippen MR) is 129 cm³/mol. The van der Waals surface area contributed by atoms with Gasteiger partial charge in [-0.2, -0.15) is 0 Å². The molecule has 1 aliphatic heterocycles. The van der Waals surface area contributed by atoms with Gasteiger partial charge in [0.2, 0.25) is 5.65 Å². The van der Waals surface area contributed by atoms with Crippen molar-refractivity contribution in [3.8, 4) is 0 Å². The normalized spacial score (nSPS) is 16.2. The molecule has 8 nitrogen and oxygen atoms in total. The number of rotatable bonds is 6. The lowest BCUT2D eigenvalue weighted by atomic mass is 9.99. The Kier molecular flexibility index (Phi) is 6.41. The van der Waals surface area contributed by atoms with Crippen LogP contribution in [0, 0.1) is 0 Å². The van der Waals surface area contributed by atoms with E-state index in [0.717, 1.165) is 11.1 Å². The molecule has 1 unspecified atom stereocenters. The maximum atomic E-state index is 5.91. The maximum Gasteiger partial charge on any atom is 0.219 e. The van der Waals surface area contributed by atoms with Gasteiger partial charge in [0.15, 0.2) is 5.11 Å². The average molecular weight is 461 g/mol. The van der Waals surface area contributed by atoms with E-state index in [0.29, 0.717) is 42.6 Å². The number of aromatic nitrogens is 4. The van der Waals surface area contributed by atoms with Crippen molar-refractivity contribution in [3.63, 3.8) is 0 Å². The van der Waals surface area contributed by atoms with Gasteiger partial charge in [-0.25, -0.2) is 4.98 Å². The minimum absolute atomic E-state index is 0.0370. The summed E-state index contributed by atoms with van der Waals surface area (Å²) in [5, 5.41) is 12.3. The lowest BCUT2D eigenvalue weighted by molar-refractivity contribution is -0.0615. The van der Waals surface area contributed by atoms with E-state index in [1.54, 1.807) is 6.20 Å². The van der Waals surface area contributed by atoms with Crippen LogP contribution in [0.15, 0.2) is 79.0 Å². The number of hydrogen-bond donors (Lipinski definition) is 1. The van der Waals surface area contributed by atoms with E-state index in [2.05, 4.69) is 49.8 Å². The monoisotopic (exact) mass is 460 g/mol. The van der Waals surface area contributed by atoms with Crippen molar-refractivity contribution in [2.45, 2.75) is 12.1 Å². The van der Waals surface area contributed by atoms with Crippen molar-refractivity contribution in [2.24, 2.45) is 0 Å². The molecule has 3 heterocycles. The van der Waals surface area contributed by atoms with Crippen LogP contribution in [0.4, 0.5) is 0 Å². The van der Waals surface area contributed by atoms with Gasteiger partial charge in [0.25, 0.3) is 0 Å². The lowest BCUT2D eigenvalue weighted by Gasteiger charge is -2.35. The minimum atomic E-state index is -0.159. The van der Waals surface area contributed by atoms with E-state index in [9.17, 15) is 0 Å². The van der Waals surface area contributed by atoms with Crippen molar-refractivity contribution < 1.29 is 9.57 Å². The molecule has 9 heteroatoms. The zero-order valence-corrected chi connectivity index (χ0v) is 18.8. The van der Waals surface area contributed by atoms with E-state index in [1.165, 1.54) is 4.85 Å². The van der Waals surface area contributed by atoms with Crippen molar-refractivity contribution in [1.29, 1.82) is 0 Å². The highest BCUT2D eigenvalue weighted by atomic mass is 32.1. The van der Waals surface area contributed by atoms with Crippen LogP contribution in [0.1, 0.15) is 17.2 Å². The predicted octanol–water partition coefficient (Wildman–Crippen LogP) is 2.62. The van der Waals surface area contributed by atoms with Crippen LogP contribution in [-0.4, -0.2) is 62.6 Å². The van der Waals surface area contributed by atoms with Gasteiger partial charge in [0.05, 0.1) is 12.6 Å². The second kappa shape index (κ2) is 9.93. The summed E-state index contributed by atoms with van der Waals surface area (Å²) >= 11 is 5.81. The quantitative estimate of drug-likeness (QED) is 0.440. The Labute approximate surface area is 197 Å². The third-order valence-corrected chi connectivity index (χ3v) is 5.90. The fraction of sp³-hybridized carbons (Fsp3) is 0.250. The summed E-state index contributed by atoms with van der Waals surface area (Å²) in [7, 11) is 0. The third-order valence-electron chi connectivity index (χ3n) is 5.52. The van der Waals surface area contributed by atoms with Crippen molar-refractivity contribution in [2.75, 3.05) is 26.3 Å². The Morgan fingerprint density at radius 2 is 1.79 bits per heavy atom. The lowest BCUT2D eigenvalue weighted by Crippen LogP contribution is -2.52. The van der Waals surface area contributed by atoms with E-state index in [1.807, 2.05) is 48.5 Å². The number of benzene rings is 2. The number of nitrogens with zero attached hydrogens (tertiary/aromatic N) is 5. The third kappa shape index (κ3) is 4.94. The Bertz CT molecular complexity index is 1160. The molecule has 33 heavy (non-hydrogen) atoms. The van der Waals surface area contributed by atoms with Crippen LogP contribution in [0.5, 0.6) is 0 Å². The second-order valence-electron chi connectivity index (χ2n) is 7.75. The van der Waals surface area contributed by atoms with Crippen LogP contribution in [-0.2, 0) is 4.74 Å². The molecule has 168 valence electrons. The topological polar surface area (TPSA) is 77.3 Å². The first-order valence-electron chi connectivity index (χ1n) is 10.8. The van der Waals surface area contributed by atoms with E-state index < -0.39 is 0 Å². The van der Waals surface area contributed by atoms with Crippen molar-refractivity contribution in [1.82, 2.24) is 30.4 Å². The molecular weight excluding hydrogens is 436 g/mol. The highest BCUT2D eigenvalue weighted by Crippen LogP contribution is 2.22. The summed E-state index contributed by atoms with van der Waals surface area (Å²) in [6, 6.07) is 24.3. The van der Waals surface area contributed by atoms with E-state index in [4.69, 9.17) is 21.8 Å². The Balaban J connectivity index is 1.24. The number of pyridine rings is 1. The first-order valence-corrected chi connectivity index (χ1v) is 11.3. The van der Waals surface area contributed by atoms with Crippen LogP contribution in [0.3, 0.4) is 0 Å². The molecule has 0 amide bonds. The Morgan fingerprint density at radius 3 is 2.52 bits per heavy atom. The number of ether oxygens (including phenoxy) is 1. The summed E-state index contributed by atoms with van der Waals surface area (Å²) in [5.41, 5.74) is 3.58. The number of thiocarbonyl (C=S) groups is 1. The summed E-state index contributed by atoms with van der Waals surface area (Å²) in [6.07, 6.45) is 1.53. The zero-order valence-electron chi connectivity index (χ0n) is 17.9. The molecule has 1 fully saturated rings. The molecule has 2 aromatic carbocycles. The molecule has 1 atom stereocenters. The highest BCUT2D eigenvalue weighted by molar-refractivity contribution is 7.80. The second-order valence-corrected chi connectivity index (χ2v) is 8.13. The molecule has 0 aliphatic carbocycles. The van der Waals surface area contributed by atoms with Gasteiger partial charge in [-0.1, -0.05) is 65.5 Å². The maximum absolute atomic E-state index is 5.91. The molecule has 0 bridgehead atoms. The van der Waals surface area contributed by atoms with Crippen LogP contribution >= 0.6 is 12.2 Å². The fourth-order valence-electron chi connectivity index (χ4n) is 3.86. The molecule has 5 rings (SSSR count). The number of hydrogen-bond acceptors (Lipinski definition) is 6. The Morgan fingerprint density at radius 1 is 1.06 bits per heavy atom. The van der Waals surface area contributed by atoms with Gasteiger partial charge in [0, 0.05) is 19.3 Å². The van der Waals surface area contributed by atoms with Gasteiger partial charge >= 0.3 is 0 Å². The SMILES string of the molecule is S=C(NC(c1ccccc1)c1ccccc1)N1CCOC(COn2nnc3cccnc32)C1. The first kappa shape index (κ1) is 21.3. The summed E-state index contributed by atoms with van der Waals surface area (Å²) in [4.78, 5) is 13.6. The van der Waals surface area contributed by atoms with Gasteiger partial charge < -0.3 is 19.8 Å².